The van der Waals surface area contributed by atoms with Crippen molar-refractivity contribution in [3.63, 3.8) is 0 Å². The monoisotopic (exact) mass is 432 g/mol. The lowest BCUT2D eigenvalue weighted by Gasteiger charge is -2.34. The van der Waals surface area contributed by atoms with Gasteiger partial charge in [0, 0.05) is 36.2 Å². The number of piperazine rings is 1. The normalized spacial score (nSPS) is 14.0. The molecular weight excluding hydrogens is 412 g/mol. The minimum absolute atomic E-state index is 0.0136. The predicted molar refractivity (Wildman–Crippen MR) is 105 cm³/mol. The Hall–Kier alpha value is -2.54. The van der Waals surface area contributed by atoms with Gasteiger partial charge in [-0.15, -0.1) is 0 Å². The Morgan fingerprint density at radius 2 is 1.63 bits per heavy atom. The van der Waals surface area contributed by atoms with Gasteiger partial charge < -0.3 is 19.3 Å². The zero-order valence-electron chi connectivity index (χ0n) is 15.1. The first-order valence-corrected chi connectivity index (χ1v) is 9.45. The molecule has 27 heavy (non-hydrogen) atoms. The molecule has 2 aromatic carbocycles. The number of amides is 2. The summed E-state index contributed by atoms with van der Waals surface area (Å²) in [5.41, 5.74) is 0.590. The third-order valence-electron chi connectivity index (χ3n) is 4.39. The molecule has 3 rings (SSSR count). The van der Waals surface area contributed by atoms with Crippen molar-refractivity contribution in [2.75, 3.05) is 39.9 Å². The summed E-state index contributed by atoms with van der Waals surface area (Å²) in [6, 6.07) is 14.5. The first kappa shape index (κ1) is 19.2. The van der Waals surface area contributed by atoms with Gasteiger partial charge in [-0.3, -0.25) is 9.59 Å². The van der Waals surface area contributed by atoms with Gasteiger partial charge in [0.15, 0.2) is 6.61 Å². The Labute approximate surface area is 166 Å². The number of carbonyl (C=O) groups is 2. The van der Waals surface area contributed by atoms with E-state index in [2.05, 4.69) is 15.9 Å². The molecule has 1 aliphatic rings. The van der Waals surface area contributed by atoms with E-state index in [1.165, 1.54) is 0 Å². The van der Waals surface area contributed by atoms with Crippen LogP contribution in [-0.2, 0) is 4.79 Å². The molecule has 0 aliphatic carbocycles. The second-order valence-electron chi connectivity index (χ2n) is 6.15. The smallest absolute Gasteiger partial charge is 0.260 e. The number of halogens is 1. The molecule has 2 aromatic rings. The van der Waals surface area contributed by atoms with Crippen LogP contribution in [0.15, 0.2) is 53.0 Å². The fourth-order valence-corrected chi connectivity index (χ4v) is 3.27. The summed E-state index contributed by atoms with van der Waals surface area (Å²) in [4.78, 5) is 28.5. The van der Waals surface area contributed by atoms with Crippen molar-refractivity contribution in [2.24, 2.45) is 0 Å². The van der Waals surface area contributed by atoms with Crippen LogP contribution in [0, 0.1) is 0 Å². The first-order chi connectivity index (χ1) is 13.1. The van der Waals surface area contributed by atoms with Gasteiger partial charge in [-0.05, 0) is 36.4 Å². The third kappa shape index (κ3) is 5.01. The van der Waals surface area contributed by atoms with E-state index in [4.69, 9.17) is 9.47 Å². The van der Waals surface area contributed by atoms with Gasteiger partial charge in [-0.1, -0.05) is 28.1 Å². The Bertz CT molecular complexity index is 819. The lowest BCUT2D eigenvalue weighted by atomic mass is 10.1. The van der Waals surface area contributed by atoms with Gasteiger partial charge in [0.1, 0.15) is 11.5 Å². The zero-order valence-corrected chi connectivity index (χ0v) is 16.6. The van der Waals surface area contributed by atoms with Crippen LogP contribution in [-0.4, -0.2) is 61.5 Å². The van der Waals surface area contributed by atoms with Crippen LogP contribution in [0.1, 0.15) is 10.4 Å². The van der Waals surface area contributed by atoms with E-state index < -0.39 is 0 Å². The summed E-state index contributed by atoms with van der Waals surface area (Å²) in [6.45, 7) is 1.98. The van der Waals surface area contributed by atoms with Gasteiger partial charge in [0.2, 0.25) is 0 Å². The van der Waals surface area contributed by atoms with Crippen LogP contribution in [0.3, 0.4) is 0 Å². The number of hydrogen-bond donors (Lipinski definition) is 0. The Morgan fingerprint density at radius 1 is 0.963 bits per heavy atom. The van der Waals surface area contributed by atoms with E-state index in [-0.39, 0.29) is 18.4 Å². The second kappa shape index (κ2) is 8.90. The highest BCUT2D eigenvalue weighted by atomic mass is 79.9. The van der Waals surface area contributed by atoms with Crippen LogP contribution in [0.25, 0.3) is 0 Å². The minimum Gasteiger partial charge on any atom is -0.497 e. The molecule has 7 heteroatoms. The van der Waals surface area contributed by atoms with Crippen molar-refractivity contribution < 1.29 is 19.1 Å². The van der Waals surface area contributed by atoms with Crippen molar-refractivity contribution in [3.05, 3.63) is 58.6 Å². The lowest BCUT2D eigenvalue weighted by Crippen LogP contribution is -2.51. The molecule has 0 bridgehead atoms. The van der Waals surface area contributed by atoms with Gasteiger partial charge >= 0.3 is 0 Å². The maximum atomic E-state index is 12.6. The van der Waals surface area contributed by atoms with E-state index in [0.717, 1.165) is 4.47 Å². The highest BCUT2D eigenvalue weighted by Gasteiger charge is 2.25. The molecule has 0 N–H and O–H groups in total. The molecule has 0 unspecified atom stereocenters. The van der Waals surface area contributed by atoms with Crippen LogP contribution >= 0.6 is 15.9 Å². The Kier molecular flexibility index (Phi) is 6.34. The number of ether oxygens (including phenoxy) is 2. The fourth-order valence-electron chi connectivity index (χ4n) is 2.89. The summed E-state index contributed by atoms with van der Waals surface area (Å²) in [6.07, 6.45) is 0. The van der Waals surface area contributed by atoms with Crippen molar-refractivity contribution in [2.45, 2.75) is 0 Å². The maximum Gasteiger partial charge on any atom is 0.260 e. The fraction of sp³-hybridized carbons (Fsp3) is 0.300. The molecule has 0 atom stereocenters. The highest BCUT2D eigenvalue weighted by molar-refractivity contribution is 9.10. The molecule has 0 saturated carbocycles. The summed E-state index contributed by atoms with van der Waals surface area (Å²) in [5, 5.41) is 0. The van der Waals surface area contributed by atoms with Gasteiger partial charge in [-0.25, -0.2) is 0 Å². The number of nitrogens with zero attached hydrogens (tertiary/aromatic N) is 2. The molecule has 142 valence electrons. The zero-order chi connectivity index (χ0) is 19.2. The molecule has 1 saturated heterocycles. The van der Waals surface area contributed by atoms with E-state index >= 15 is 0 Å². The molecule has 0 aromatic heterocycles. The summed E-state index contributed by atoms with van der Waals surface area (Å²) in [7, 11) is 1.57. The molecular formula is C20H21BrN2O4. The molecule has 2 amide bonds. The predicted octanol–water partition coefficient (Wildman–Crippen LogP) is 2.82. The standard InChI is InChI=1S/C20H21BrN2O4/c1-26-17-6-2-4-15(12-17)20(25)23-10-8-22(9-11-23)19(24)14-27-18-7-3-5-16(21)13-18/h2-7,12-13H,8-11,14H2,1H3. The average molecular weight is 433 g/mol. The van der Waals surface area contributed by atoms with E-state index in [1.807, 2.05) is 24.3 Å². The largest absolute Gasteiger partial charge is 0.497 e. The molecule has 1 heterocycles. The number of rotatable bonds is 5. The molecule has 0 radical (unpaired) electrons. The SMILES string of the molecule is COc1cccc(C(=O)N2CCN(C(=O)COc3cccc(Br)c3)CC2)c1. The van der Waals surface area contributed by atoms with Crippen molar-refractivity contribution in [3.8, 4) is 11.5 Å². The van der Waals surface area contributed by atoms with Crippen LogP contribution in [0.2, 0.25) is 0 Å². The van der Waals surface area contributed by atoms with Crippen molar-refractivity contribution in [1.29, 1.82) is 0 Å². The molecule has 1 fully saturated rings. The topological polar surface area (TPSA) is 59.1 Å². The van der Waals surface area contributed by atoms with E-state index in [1.54, 1.807) is 41.2 Å². The molecule has 1 aliphatic heterocycles. The van der Waals surface area contributed by atoms with Crippen molar-refractivity contribution >= 4 is 27.7 Å². The van der Waals surface area contributed by atoms with E-state index in [9.17, 15) is 9.59 Å². The number of carbonyl (C=O) groups excluding carboxylic acids is 2. The van der Waals surface area contributed by atoms with Gasteiger partial charge in [0.05, 0.1) is 7.11 Å². The van der Waals surface area contributed by atoms with Gasteiger partial charge in [-0.2, -0.15) is 0 Å². The van der Waals surface area contributed by atoms with Crippen LogP contribution < -0.4 is 9.47 Å². The summed E-state index contributed by atoms with van der Waals surface area (Å²) >= 11 is 3.37. The van der Waals surface area contributed by atoms with E-state index in [0.29, 0.717) is 43.2 Å². The quantitative estimate of drug-likeness (QED) is 0.728. The summed E-state index contributed by atoms with van der Waals surface area (Å²) in [5.74, 6) is 1.17. The Balaban J connectivity index is 1.50. The van der Waals surface area contributed by atoms with Gasteiger partial charge in [0.25, 0.3) is 11.8 Å². The lowest BCUT2D eigenvalue weighted by molar-refractivity contribution is -0.134. The van der Waals surface area contributed by atoms with Crippen molar-refractivity contribution in [1.82, 2.24) is 9.80 Å². The second-order valence-corrected chi connectivity index (χ2v) is 7.07. The number of benzene rings is 2. The summed E-state index contributed by atoms with van der Waals surface area (Å²) < 4.78 is 11.6. The average Bonchev–Trinajstić information content (AvgIpc) is 2.71. The molecule has 0 spiro atoms. The highest BCUT2D eigenvalue weighted by Crippen LogP contribution is 2.18. The van der Waals surface area contributed by atoms with Crippen LogP contribution in [0.5, 0.6) is 11.5 Å². The molecule has 6 nitrogen and oxygen atoms in total. The third-order valence-corrected chi connectivity index (χ3v) is 4.89. The van der Waals surface area contributed by atoms with Crippen LogP contribution in [0.4, 0.5) is 0 Å². The minimum atomic E-state index is -0.0801. The number of hydrogen-bond acceptors (Lipinski definition) is 4. The first-order valence-electron chi connectivity index (χ1n) is 8.66. The number of methoxy groups -OCH3 is 1. The maximum absolute atomic E-state index is 12.6. The Morgan fingerprint density at radius 3 is 2.33 bits per heavy atom.